The number of halogens is 4. The van der Waals surface area contributed by atoms with Crippen LogP contribution >= 0.6 is 0 Å². The standard InChI is InChI=1S/C18H21F4NO3/c1-16(2,3)26-15(24)23-8-11-13(25-10-18(20,21)22)5-4-12(19)14(11)17(9-23)6-7-17/h4-5H,6-10H2,1-3H3. The maximum atomic E-state index is 14.4. The van der Waals surface area contributed by atoms with Crippen molar-refractivity contribution in [3.63, 3.8) is 0 Å². The number of alkyl halides is 3. The van der Waals surface area contributed by atoms with E-state index < -0.39 is 35.7 Å². The topological polar surface area (TPSA) is 38.8 Å². The van der Waals surface area contributed by atoms with Gasteiger partial charge in [-0.15, -0.1) is 0 Å². The van der Waals surface area contributed by atoms with Gasteiger partial charge in [0.05, 0.1) is 6.54 Å². The molecule has 1 spiro atoms. The number of amides is 1. The Morgan fingerprint density at radius 1 is 1.23 bits per heavy atom. The van der Waals surface area contributed by atoms with Crippen LogP contribution < -0.4 is 4.74 Å². The number of benzene rings is 1. The molecule has 1 heterocycles. The van der Waals surface area contributed by atoms with Crippen LogP contribution in [0.25, 0.3) is 0 Å². The van der Waals surface area contributed by atoms with Crippen molar-refractivity contribution in [1.82, 2.24) is 4.90 Å². The third kappa shape index (κ3) is 3.88. The third-order valence-corrected chi connectivity index (χ3v) is 4.49. The summed E-state index contributed by atoms with van der Waals surface area (Å²) in [5, 5.41) is 0. The number of fused-ring (bicyclic) bond motifs is 2. The summed E-state index contributed by atoms with van der Waals surface area (Å²) in [6, 6.07) is 2.32. The van der Waals surface area contributed by atoms with Crippen molar-refractivity contribution in [2.75, 3.05) is 13.2 Å². The lowest BCUT2D eigenvalue weighted by atomic mass is 9.86. The van der Waals surface area contributed by atoms with Crippen LogP contribution in [0.3, 0.4) is 0 Å². The average Bonchev–Trinajstić information content (AvgIpc) is 3.23. The van der Waals surface area contributed by atoms with Gasteiger partial charge >= 0.3 is 12.3 Å². The molecule has 2 aliphatic rings. The van der Waals surface area contributed by atoms with Crippen molar-refractivity contribution in [3.05, 3.63) is 29.1 Å². The Balaban J connectivity index is 1.92. The van der Waals surface area contributed by atoms with E-state index in [0.717, 1.165) is 6.07 Å². The van der Waals surface area contributed by atoms with Gasteiger partial charge in [0.2, 0.25) is 0 Å². The molecular formula is C18H21F4NO3. The minimum Gasteiger partial charge on any atom is -0.484 e. The van der Waals surface area contributed by atoms with Crippen molar-refractivity contribution < 1.29 is 31.8 Å². The molecule has 0 aromatic heterocycles. The van der Waals surface area contributed by atoms with E-state index in [2.05, 4.69) is 0 Å². The molecule has 26 heavy (non-hydrogen) atoms. The Morgan fingerprint density at radius 2 is 1.88 bits per heavy atom. The van der Waals surface area contributed by atoms with E-state index >= 15 is 0 Å². The first-order valence-electron chi connectivity index (χ1n) is 8.40. The van der Waals surface area contributed by atoms with E-state index in [1.165, 1.54) is 11.0 Å². The molecule has 0 radical (unpaired) electrons. The van der Waals surface area contributed by atoms with Crippen molar-refractivity contribution in [3.8, 4) is 5.75 Å². The van der Waals surface area contributed by atoms with Gasteiger partial charge < -0.3 is 14.4 Å². The highest BCUT2D eigenvalue weighted by atomic mass is 19.4. The third-order valence-electron chi connectivity index (χ3n) is 4.49. The SMILES string of the molecule is CC(C)(C)OC(=O)N1Cc2c(OCC(F)(F)F)ccc(F)c2C2(CC2)C1. The first-order chi connectivity index (χ1) is 11.9. The fourth-order valence-electron chi connectivity index (χ4n) is 3.33. The maximum Gasteiger partial charge on any atom is 0.422 e. The van der Waals surface area contributed by atoms with E-state index in [9.17, 15) is 22.4 Å². The van der Waals surface area contributed by atoms with Gasteiger partial charge in [0.15, 0.2) is 6.61 Å². The van der Waals surface area contributed by atoms with Gasteiger partial charge in [-0.2, -0.15) is 13.2 Å². The largest absolute Gasteiger partial charge is 0.484 e. The molecule has 1 aliphatic heterocycles. The van der Waals surface area contributed by atoms with Crippen LogP contribution in [-0.4, -0.2) is 35.9 Å². The predicted octanol–water partition coefficient (Wildman–Crippen LogP) is 4.55. The van der Waals surface area contributed by atoms with Gasteiger partial charge in [0, 0.05) is 23.1 Å². The van der Waals surface area contributed by atoms with Gasteiger partial charge in [0.25, 0.3) is 0 Å². The molecule has 1 saturated carbocycles. The summed E-state index contributed by atoms with van der Waals surface area (Å²) in [5.74, 6) is -0.515. The van der Waals surface area contributed by atoms with Gasteiger partial charge in [0.1, 0.15) is 17.2 Å². The van der Waals surface area contributed by atoms with Crippen LogP contribution in [0.5, 0.6) is 5.75 Å². The molecule has 1 amide bonds. The number of hydrogen-bond acceptors (Lipinski definition) is 3. The summed E-state index contributed by atoms with van der Waals surface area (Å²) in [7, 11) is 0. The van der Waals surface area contributed by atoms with Crippen LogP contribution in [0.2, 0.25) is 0 Å². The van der Waals surface area contributed by atoms with E-state index in [1.807, 2.05) is 0 Å². The molecule has 0 unspecified atom stereocenters. The molecule has 144 valence electrons. The van der Waals surface area contributed by atoms with E-state index in [-0.39, 0.29) is 18.8 Å². The molecule has 4 nitrogen and oxygen atoms in total. The Bertz CT molecular complexity index is 720. The molecule has 8 heteroatoms. The zero-order chi connectivity index (χ0) is 19.3. The summed E-state index contributed by atoms with van der Waals surface area (Å²) in [5.41, 5.74) is -0.599. The predicted molar refractivity (Wildman–Crippen MR) is 85.5 cm³/mol. The molecule has 1 aliphatic carbocycles. The first-order valence-corrected chi connectivity index (χ1v) is 8.40. The second kappa shape index (κ2) is 6.03. The van der Waals surface area contributed by atoms with Crippen molar-refractivity contribution in [1.29, 1.82) is 0 Å². The highest BCUT2D eigenvalue weighted by Crippen LogP contribution is 2.54. The summed E-state index contributed by atoms with van der Waals surface area (Å²) in [6.45, 7) is 3.96. The zero-order valence-corrected chi connectivity index (χ0v) is 14.9. The van der Waals surface area contributed by atoms with E-state index in [1.54, 1.807) is 20.8 Å². The van der Waals surface area contributed by atoms with Gasteiger partial charge in [-0.3, -0.25) is 0 Å². The molecule has 0 bridgehead atoms. The Hall–Kier alpha value is -1.99. The lowest BCUT2D eigenvalue weighted by Crippen LogP contribution is -2.44. The minimum absolute atomic E-state index is 0.0433. The van der Waals surface area contributed by atoms with Crippen LogP contribution in [-0.2, 0) is 16.7 Å². The van der Waals surface area contributed by atoms with Crippen LogP contribution in [0, 0.1) is 5.82 Å². The number of nitrogens with zero attached hydrogens (tertiary/aromatic N) is 1. The number of ether oxygens (including phenoxy) is 2. The summed E-state index contributed by atoms with van der Waals surface area (Å²) in [4.78, 5) is 13.9. The molecular weight excluding hydrogens is 354 g/mol. The Labute approximate surface area is 149 Å². The molecule has 0 atom stereocenters. The van der Waals surface area contributed by atoms with Gasteiger partial charge in [-0.1, -0.05) is 0 Å². The smallest absolute Gasteiger partial charge is 0.422 e. The van der Waals surface area contributed by atoms with Crippen LogP contribution in [0.1, 0.15) is 44.7 Å². The monoisotopic (exact) mass is 375 g/mol. The number of carbonyl (C=O) groups excluding carboxylic acids is 1. The van der Waals surface area contributed by atoms with Crippen LogP contribution in [0.4, 0.5) is 22.4 Å². The summed E-state index contributed by atoms with van der Waals surface area (Å²) < 4.78 is 62.3. The van der Waals surface area contributed by atoms with Crippen molar-refractivity contribution in [2.24, 2.45) is 0 Å². The molecule has 3 rings (SSSR count). The van der Waals surface area contributed by atoms with Gasteiger partial charge in [-0.25, -0.2) is 9.18 Å². The van der Waals surface area contributed by atoms with Crippen molar-refractivity contribution >= 4 is 6.09 Å². The highest BCUT2D eigenvalue weighted by Gasteiger charge is 2.53. The van der Waals surface area contributed by atoms with Crippen molar-refractivity contribution in [2.45, 2.75) is 57.3 Å². The average molecular weight is 375 g/mol. The second-order valence-corrected chi connectivity index (χ2v) is 7.92. The fraction of sp³-hybridized carbons (Fsp3) is 0.611. The number of rotatable bonds is 2. The van der Waals surface area contributed by atoms with Crippen LogP contribution in [0.15, 0.2) is 12.1 Å². The quantitative estimate of drug-likeness (QED) is 0.712. The maximum absolute atomic E-state index is 14.4. The molecule has 0 N–H and O–H groups in total. The fourth-order valence-corrected chi connectivity index (χ4v) is 3.33. The lowest BCUT2D eigenvalue weighted by molar-refractivity contribution is -0.153. The second-order valence-electron chi connectivity index (χ2n) is 7.92. The highest BCUT2D eigenvalue weighted by molar-refractivity contribution is 5.70. The number of carbonyl (C=O) groups is 1. The minimum atomic E-state index is -4.50. The normalized spacial score (nSPS) is 18.5. The van der Waals surface area contributed by atoms with E-state index in [4.69, 9.17) is 9.47 Å². The Kier molecular flexibility index (Phi) is 4.36. The lowest BCUT2D eigenvalue weighted by Gasteiger charge is -2.37. The molecule has 1 aromatic carbocycles. The Morgan fingerprint density at radius 3 is 2.42 bits per heavy atom. The first kappa shape index (κ1) is 18.8. The zero-order valence-electron chi connectivity index (χ0n) is 14.9. The molecule has 1 fully saturated rings. The van der Waals surface area contributed by atoms with E-state index in [0.29, 0.717) is 24.0 Å². The number of hydrogen-bond donors (Lipinski definition) is 0. The summed E-state index contributed by atoms with van der Waals surface area (Å²) >= 11 is 0. The molecule has 1 aromatic rings. The molecule has 0 saturated heterocycles. The van der Waals surface area contributed by atoms with Gasteiger partial charge in [-0.05, 0) is 45.7 Å². The summed E-state index contributed by atoms with van der Waals surface area (Å²) in [6.07, 6.45) is -3.74.